The summed E-state index contributed by atoms with van der Waals surface area (Å²) < 4.78 is 40.0. The van der Waals surface area contributed by atoms with Crippen LogP contribution in [0.25, 0.3) is 10.9 Å². The zero-order valence-electron chi connectivity index (χ0n) is 20.4. The van der Waals surface area contributed by atoms with E-state index < -0.39 is 17.8 Å². The topological polar surface area (TPSA) is 86.4 Å². The minimum absolute atomic E-state index is 0.0581. The first-order valence-electron chi connectivity index (χ1n) is 11.6. The van der Waals surface area contributed by atoms with Crippen molar-refractivity contribution < 1.29 is 13.2 Å². The predicted octanol–water partition coefficient (Wildman–Crippen LogP) is 4.01. The summed E-state index contributed by atoms with van der Waals surface area (Å²) in [4.78, 5) is 20.3. The van der Waals surface area contributed by atoms with E-state index in [4.69, 9.17) is 5.73 Å². The second kappa shape index (κ2) is 9.73. The van der Waals surface area contributed by atoms with Crippen LogP contribution in [0.4, 0.5) is 36.4 Å². The summed E-state index contributed by atoms with van der Waals surface area (Å²) in [5, 5.41) is 4.05. The average molecular weight is 489 g/mol. The largest absolute Gasteiger partial charge is 0.416 e. The maximum atomic E-state index is 13.3. The van der Waals surface area contributed by atoms with E-state index in [1.54, 1.807) is 24.1 Å². The van der Waals surface area contributed by atoms with Gasteiger partial charge in [-0.1, -0.05) is 6.92 Å². The normalized spacial score (nSPS) is 15.9. The Morgan fingerprint density at radius 2 is 1.80 bits per heavy atom. The van der Waals surface area contributed by atoms with Crippen LogP contribution < -0.4 is 20.9 Å². The lowest BCUT2D eigenvalue weighted by molar-refractivity contribution is -0.137. The standard InChI is InChI=1S/C24H31F3N8/c1-5-34-6-8-35(9-7-34)21-13-19-20(14-29-21)31-23(33(3)4)32-22(19)30-15(2)16-10-17(24(25,26)27)12-18(28)11-16/h10-15H,5-9,28H2,1-4H3,(H,30,31,32). The smallest absolute Gasteiger partial charge is 0.399 e. The lowest BCUT2D eigenvalue weighted by Crippen LogP contribution is -2.46. The number of benzene rings is 1. The number of anilines is 4. The zero-order valence-corrected chi connectivity index (χ0v) is 20.4. The van der Waals surface area contributed by atoms with Crippen molar-refractivity contribution in [2.75, 3.05) is 67.7 Å². The van der Waals surface area contributed by atoms with Crippen LogP contribution in [-0.2, 0) is 6.18 Å². The molecule has 2 aromatic heterocycles. The van der Waals surface area contributed by atoms with Gasteiger partial charge >= 0.3 is 6.18 Å². The van der Waals surface area contributed by atoms with Gasteiger partial charge in [0.1, 0.15) is 11.6 Å². The maximum Gasteiger partial charge on any atom is 0.416 e. The number of hydrogen-bond donors (Lipinski definition) is 2. The molecule has 3 aromatic rings. The molecule has 35 heavy (non-hydrogen) atoms. The molecule has 0 saturated carbocycles. The SMILES string of the molecule is CCN1CCN(c2cc3c(NC(C)c4cc(N)cc(C(F)(F)F)c4)nc(N(C)C)nc3cn2)CC1. The number of piperazine rings is 1. The Balaban J connectivity index is 1.70. The highest BCUT2D eigenvalue weighted by molar-refractivity contribution is 5.91. The van der Waals surface area contributed by atoms with E-state index >= 15 is 0 Å². The third kappa shape index (κ3) is 5.50. The Hall–Kier alpha value is -3.34. The molecule has 1 aromatic carbocycles. The van der Waals surface area contributed by atoms with Crippen molar-refractivity contribution in [1.82, 2.24) is 19.9 Å². The number of alkyl halides is 3. The molecule has 1 aliphatic heterocycles. The predicted molar refractivity (Wildman–Crippen MR) is 134 cm³/mol. The average Bonchev–Trinajstić information content (AvgIpc) is 2.82. The summed E-state index contributed by atoms with van der Waals surface area (Å²) in [5.41, 5.74) is 6.14. The van der Waals surface area contributed by atoms with Gasteiger partial charge in [-0.15, -0.1) is 0 Å². The van der Waals surface area contributed by atoms with Gasteiger partial charge in [-0.25, -0.2) is 9.97 Å². The second-order valence-electron chi connectivity index (χ2n) is 9.00. The third-order valence-corrected chi connectivity index (χ3v) is 6.26. The van der Waals surface area contributed by atoms with Crippen LogP contribution in [0.2, 0.25) is 0 Å². The number of fused-ring (bicyclic) bond motifs is 1. The molecular formula is C24H31F3N8. The molecule has 4 rings (SSSR count). The molecule has 1 atom stereocenters. The highest BCUT2D eigenvalue weighted by Crippen LogP contribution is 2.34. The van der Waals surface area contributed by atoms with Crippen LogP contribution in [0.1, 0.15) is 31.0 Å². The monoisotopic (exact) mass is 488 g/mol. The summed E-state index contributed by atoms with van der Waals surface area (Å²) in [6, 6.07) is 5.06. The molecule has 11 heteroatoms. The summed E-state index contributed by atoms with van der Waals surface area (Å²) in [6.07, 6.45) is -2.75. The molecule has 3 heterocycles. The molecule has 0 bridgehead atoms. The highest BCUT2D eigenvalue weighted by atomic mass is 19.4. The number of aromatic nitrogens is 3. The first kappa shape index (κ1) is 24.8. The van der Waals surface area contributed by atoms with Crippen molar-refractivity contribution in [2.24, 2.45) is 0 Å². The van der Waals surface area contributed by atoms with Gasteiger partial charge in [0.2, 0.25) is 5.95 Å². The van der Waals surface area contributed by atoms with E-state index in [9.17, 15) is 13.2 Å². The lowest BCUT2D eigenvalue weighted by Gasteiger charge is -2.34. The number of pyridine rings is 1. The molecule has 0 amide bonds. The van der Waals surface area contributed by atoms with E-state index in [1.165, 1.54) is 0 Å². The van der Waals surface area contributed by atoms with Gasteiger partial charge in [0.15, 0.2) is 0 Å². The lowest BCUT2D eigenvalue weighted by atomic mass is 10.0. The van der Waals surface area contributed by atoms with E-state index in [0.29, 0.717) is 22.8 Å². The fourth-order valence-electron chi connectivity index (χ4n) is 4.16. The van der Waals surface area contributed by atoms with Crippen LogP contribution in [0.5, 0.6) is 0 Å². The van der Waals surface area contributed by atoms with E-state index in [0.717, 1.165) is 56.1 Å². The molecule has 188 valence electrons. The van der Waals surface area contributed by atoms with E-state index in [-0.39, 0.29) is 5.69 Å². The number of halogens is 3. The summed E-state index contributed by atoms with van der Waals surface area (Å²) in [6.45, 7) is 8.62. The molecule has 1 aliphatic rings. The second-order valence-corrected chi connectivity index (χ2v) is 9.00. The van der Waals surface area contributed by atoms with Gasteiger partial charge in [-0.2, -0.15) is 18.2 Å². The van der Waals surface area contributed by atoms with Gasteiger partial charge < -0.3 is 25.8 Å². The summed E-state index contributed by atoms with van der Waals surface area (Å²) >= 11 is 0. The highest BCUT2D eigenvalue weighted by Gasteiger charge is 2.31. The van der Waals surface area contributed by atoms with Gasteiger partial charge in [0.25, 0.3) is 0 Å². The fourth-order valence-corrected chi connectivity index (χ4v) is 4.16. The molecule has 3 N–H and O–H groups in total. The summed E-state index contributed by atoms with van der Waals surface area (Å²) in [5.74, 6) is 1.83. The van der Waals surface area contributed by atoms with Crippen molar-refractivity contribution in [1.29, 1.82) is 0 Å². The van der Waals surface area contributed by atoms with Crippen molar-refractivity contribution in [3.8, 4) is 0 Å². The number of nitrogen functional groups attached to an aromatic ring is 1. The Labute approximate surface area is 203 Å². The molecule has 0 spiro atoms. The zero-order chi connectivity index (χ0) is 25.3. The Morgan fingerprint density at radius 3 is 2.43 bits per heavy atom. The molecule has 1 saturated heterocycles. The molecule has 8 nitrogen and oxygen atoms in total. The Morgan fingerprint density at radius 1 is 1.09 bits per heavy atom. The van der Waals surface area contributed by atoms with Crippen molar-refractivity contribution in [2.45, 2.75) is 26.1 Å². The number of likely N-dealkylation sites (N-methyl/N-ethyl adjacent to an activating group) is 1. The maximum absolute atomic E-state index is 13.3. The van der Waals surface area contributed by atoms with Gasteiger partial charge in [-0.3, -0.25) is 0 Å². The third-order valence-electron chi connectivity index (χ3n) is 6.26. The van der Waals surface area contributed by atoms with Crippen LogP contribution >= 0.6 is 0 Å². The first-order chi connectivity index (χ1) is 16.5. The van der Waals surface area contributed by atoms with E-state index in [2.05, 4.69) is 37.0 Å². The van der Waals surface area contributed by atoms with Gasteiger partial charge in [0.05, 0.1) is 23.3 Å². The van der Waals surface area contributed by atoms with Gasteiger partial charge in [0, 0.05) is 51.3 Å². The first-order valence-corrected chi connectivity index (χ1v) is 11.6. The number of nitrogens with two attached hydrogens (primary N) is 1. The Kier molecular flexibility index (Phi) is 6.88. The molecule has 0 aliphatic carbocycles. The van der Waals surface area contributed by atoms with Crippen molar-refractivity contribution in [3.63, 3.8) is 0 Å². The van der Waals surface area contributed by atoms with Crippen molar-refractivity contribution >= 4 is 34.2 Å². The number of hydrogen-bond acceptors (Lipinski definition) is 8. The molecule has 1 fully saturated rings. The van der Waals surface area contributed by atoms with Crippen LogP contribution in [0.3, 0.4) is 0 Å². The fraction of sp³-hybridized carbons (Fsp3) is 0.458. The van der Waals surface area contributed by atoms with Crippen LogP contribution in [0.15, 0.2) is 30.5 Å². The van der Waals surface area contributed by atoms with E-state index in [1.807, 2.05) is 20.2 Å². The van der Waals surface area contributed by atoms with Crippen molar-refractivity contribution in [3.05, 3.63) is 41.6 Å². The molecular weight excluding hydrogens is 457 g/mol. The number of nitrogens with one attached hydrogen (secondary N) is 1. The quantitative estimate of drug-likeness (QED) is 0.504. The molecule has 0 radical (unpaired) electrons. The summed E-state index contributed by atoms with van der Waals surface area (Å²) in [7, 11) is 3.66. The van der Waals surface area contributed by atoms with Crippen LogP contribution in [-0.4, -0.2) is 66.7 Å². The Bertz CT molecular complexity index is 1190. The number of nitrogens with zero attached hydrogens (tertiary/aromatic N) is 6. The minimum atomic E-state index is -4.48. The minimum Gasteiger partial charge on any atom is -0.399 e. The number of rotatable bonds is 6. The molecule has 1 unspecified atom stereocenters. The van der Waals surface area contributed by atoms with Crippen LogP contribution in [0, 0.1) is 0 Å². The van der Waals surface area contributed by atoms with Gasteiger partial charge in [-0.05, 0) is 43.3 Å².